The molecule has 2 aromatic rings. The zero-order valence-electron chi connectivity index (χ0n) is 17.1. The second-order valence-electron chi connectivity index (χ2n) is 7.03. The number of rotatable bonds is 5. The van der Waals surface area contributed by atoms with E-state index >= 15 is 0 Å². The molecule has 2 aromatic carbocycles. The monoisotopic (exact) mass is 509 g/mol. The van der Waals surface area contributed by atoms with Crippen LogP contribution in [0.2, 0.25) is 5.02 Å². The summed E-state index contributed by atoms with van der Waals surface area (Å²) in [6.45, 7) is 0. The summed E-state index contributed by atoms with van der Waals surface area (Å²) in [6, 6.07) is 11.7. The summed E-state index contributed by atoms with van der Waals surface area (Å²) in [5.74, 6) is -3.24. The van der Waals surface area contributed by atoms with Gasteiger partial charge in [-0.1, -0.05) is 51.8 Å². The third-order valence-corrected chi connectivity index (χ3v) is 6.34. The highest BCUT2D eigenvalue weighted by molar-refractivity contribution is 9.10. The van der Waals surface area contributed by atoms with Crippen LogP contribution in [0.3, 0.4) is 0 Å². The van der Waals surface area contributed by atoms with Crippen molar-refractivity contribution in [2.45, 2.75) is 18.0 Å². The summed E-state index contributed by atoms with van der Waals surface area (Å²) in [5, 5.41) is 3.61. The molecule has 164 valence electrons. The van der Waals surface area contributed by atoms with Crippen LogP contribution in [0.5, 0.6) is 0 Å². The topological polar surface area (TPSA) is 90.9 Å². The summed E-state index contributed by atoms with van der Waals surface area (Å²) < 4.78 is 16.0. The van der Waals surface area contributed by atoms with E-state index in [1.807, 2.05) is 0 Å². The first-order chi connectivity index (χ1) is 14.8. The third-order valence-electron chi connectivity index (χ3n) is 5.56. The molecule has 0 spiro atoms. The molecule has 0 unspecified atom stereocenters. The van der Waals surface area contributed by atoms with Crippen LogP contribution in [0.1, 0.15) is 23.1 Å². The van der Waals surface area contributed by atoms with Crippen molar-refractivity contribution in [3.05, 3.63) is 69.2 Å². The molecule has 31 heavy (non-hydrogen) atoms. The predicted octanol–water partition coefficient (Wildman–Crippen LogP) is 3.40. The van der Waals surface area contributed by atoms with Crippen molar-refractivity contribution in [2.75, 3.05) is 21.3 Å². The summed E-state index contributed by atoms with van der Waals surface area (Å²) in [7, 11) is 3.63. The van der Waals surface area contributed by atoms with Crippen molar-refractivity contribution in [2.24, 2.45) is 5.41 Å². The zero-order chi connectivity index (χ0) is 22.8. The average Bonchev–Trinajstić information content (AvgIpc) is 3.15. The largest absolute Gasteiger partial charge is 0.468 e. The van der Waals surface area contributed by atoms with Crippen LogP contribution in [0.15, 0.2) is 53.0 Å². The molecule has 1 aliphatic heterocycles. The number of carbonyl (C=O) groups is 3. The van der Waals surface area contributed by atoms with Crippen molar-refractivity contribution in [1.29, 1.82) is 0 Å². The molecule has 0 amide bonds. The van der Waals surface area contributed by atoms with E-state index in [-0.39, 0.29) is 0 Å². The second-order valence-corrected chi connectivity index (χ2v) is 8.39. The Balaban J connectivity index is 2.33. The molecule has 1 N–H and O–H groups in total. The van der Waals surface area contributed by atoms with E-state index in [4.69, 9.17) is 25.8 Å². The lowest BCUT2D eigenvalue weighted by Gasteiger charge is -2.34. The zero-order valence-corrected chi connectivity index (χ0v) is 19.4. The Hall–Kier alpha value is -2.42. The Bertz CT molecular complexity index is 963. The molecule has 3 rings (SSSR count). The van der Waals surface area contributed by atoms with Gasteiger partial charge < -0.3 is 14.2 Å². The van der Waals surface area contributed by atoms with Gasteiger partial charge in [0.1, 0.15) is 6.04 Å². The highest BCUT2D eigenvalue weighted by atomic mass is 79.9. The smallest absolute Gasteiger partial charge is 0.325 e. The molecule has 9 heteroatoms. The van der Waals surface area contributed by atoms with Crippen LogP contribution in [0.4, 0.5) is 0 Å². The van der Waals surface area contributed by atoms with E-state index in [0.29, 0.717) is 16.1 Å². The molecule has 1 saturated heterocycles. The fourth-order valence-corrected chi connectivity index (χ4v) is 4.62. The van der Waals surface area contributed by atoms with Gasteiger partial charge in [-0.05, 0) is 35.4 Å². The SMILES string of the molecule is COC(=O)[C@@H]1N[C@H](c2ccc(Cl)cc2)C(C(=O)OC)(C(=O)OC)[C@H]1c1ccc(Br)cc1. The van der Waals surface area contributed by atoms with Crippen LogP contribution in [0.25, 0.3) is 0 Å². The number of halogens is 2. The maximum Gasteiger partial charge on any atom is 0.325 e. The van der Waals surface area contributed by atoms with E-state index in [1.54, 1.807) is 48.5 Å². The van der Waals surface area contributed by atoms with Crippen LogP contribution in [0, 0.1) is 5.41 Å². The van der Waals surface area contributed by atoms with E-state index < -0.39 is 41.3 Å². The van der Waals surface area contributed by atoms with Gasteiger partial charge in [0, 0.05) is 15.4 Å². The Kier molecular flexibility index (Phi) is 7.03. The minimum Gasteiger partial charge on any atom is -0.468 e. The van der Waals surface area contributed by atoms with Crippen molar-refractivity contribution in [3.63, 3.8) is 0 Å². The number of esters is 3. The van der Waals surface area contributed by atoms with Gasteiger partial charge in [-0.3, -0.25) is 19.7 Å². The van der Waals surface area contributed by atoms with Crippen molar-refractivity contribution >= 4 is 45.4 Å². The Morgan fingerprint density at radius 3 is 1.87 bits per heavy atom. The van der Waals surface area contributed by atoms with E-state index in [2.05, 4.69) is 21.2 Å². The molecule has 0 radical (unpaired) electrons. The molecule has 1 fully saturated rings. The quantitative estimate of drug-likeness (QED) is 0.374. The predicted molar refractivity (Wildman–Crippen MR) is 116 cm³/mol. The van der Waals surface area contributed by atoms with Crippen LogP contribution < -0.4 is 5.32 Å². The van der Waals surface area contributed by atoms with Gasteiger partial charge in [-0.25, -0.2) is 0 Å². The highest BCUT2D eigenvalue weighted by Gasteiger charge is 2.68. The number of methoxy groups -OCH3 is 3. The second kappa shape index (κ2) is 9.38. The molecular weight excluding hydrogens is 490 g/mol. The average molecular weight is 511 g/mol. The molecular formula is C22H21BrClNO6. The van der Waals surface area contributed by atoms with Crippen LogP contribution >= 0.6 is 27.5 Å². The fourth-order valence-electron chi connectivity index (χ4n) is 4.23. The number of hydrogen-bond acceptors (Lipinski definition) is 7. The number of ether oxygens (including phenoxy) is 3. The molecule has 1 heterocycles. The maximum atomic E-state index is 13.3. The molecule has 1 aliphatic rings. The van der Waals surface area contributed by atoms with E-state index in [0.717, 1.165) is 4.47 Å². The molecule has 0 bridgehead atoms. The van der Waals surface area contributed by atoms with Crippen LogP contribution in [-0.4, -0.2) is 45.3 Å². The van der Waals surface area contributed by atoms with Gasteiger partial charge in [-0.15, -0.1) is 0 Å². The lowest BCUT2D eigenvalue weighted by molar-refractivity contribution is -0.171. The Morgan fingerprint density at radius 2 is 1.39 bits per heavy atom. The van der Waals surface area contributed by atoms with Crippen molar-refractivity contribution in [3.8, 4) is 0 Å². The van der Waals surface area contributed by atoms with E-state index in [9.17, 15) is 14.4 Å². The fraction of sp³-hybridized carbons (Fsp3) is 0.318. The van der Waals surface area contributed by atoms with Gasteiger partial charge in [-0.2, -0.15) is 0 Å². The summed E-state index contributed by atoms with van der Waals surface area (Å²) in [4.78, 5) is 39.5. The standard InChI is InChI=1S/C22H21BrClNO6/c1-29-19(26)17-16(12-4-8-14(23)9-5-12)22(20(27)30-2,21(28)31-3)18(25-17)13-6-10-15(24)11-7-13/h4-11,16-18,25H,1-3H3/t16-,17+,18+/m0/s1. The first-order valence-electron chi connectivity index (χ1n) is 9.32. The number of hydrogen-bond donors (Lipinski definition) is 1. The summed E-state index contributed by atoms with van der Waals surface area (Å²) >= 11 is 9.41. The van der Waals surface area contributed by atoms with Crippen molar-refractivity contribution < 1.29 is 28.6 Å². The number of benzene rings is 2. The summed E-state index contributed by atoms with van der Waals surface area (Å²) in [5.41, 5.74) is -0.767. The molecule has 0 aliphatic carbocycles. The first-order valence-corrected chi connectivity index (χ1v) is 10.5. The lowest BCUT2D eigenvalue weighted by Crippen LogP contribution is -2.49. The molecule has 0 saturated carbocycles. The Labute approximate surface area is 193 Å². The molecule has 7 nitrogen and oxygen atoms in total. The maximum absolute atomic E-state index is 13.3. The van der Waals surface area contributed by atoms with Gasteiger partial charge in [0.15, 0.2) is 5.41 Å². The van der Waals surface area contributed by atoms with Crippen LogP contribution in [-0.2, 0) is 28.6 Å². The molecule has 3 atom stereocenters. The van der Waals surface area contributed by atoms with Gasteiger partial charge in [0.05, 0.1) is 27.4 Å². The van der Waals surface area contributed by atoms with Gasteiger partial charge in [0.2, 0.25) is 0 Å². The first kappa shape index (κ1) is 23.2. The summed E-state index contributed by atoms with van der Waals surface area (Å²) in [6.07, 6.45) is 0. The highest BCUT2D eigenvalue weighted by Crippen LogP contribution is 2.55. The molecule has 0 aromatic heterocycles. The third kappa shape index (κ3) is 3.95. The number of carbonyl (C=O) groups excluding carboxylic acids is 3. The van der Waals surface area contributed by atoms with Gasteiger partial charge >= 0.3 is 17.9 Å². The normalized spacial score (nSPS) is 21.9. The Morgan fingerprint density at radius 1 is 0.871 bits per heavy atom. The van der Waals surface area contributed by atoms with Crippen molar-refractivity contribution in [1.82, 2.24) is 5.32 Å². The van der Waals surface area contributed by atoms with Gasteiger partial charge in [0.25, 0.3) is 0 Å². The lowest BCUT2D eigenvalue weighted by atomic mass is 9.66. The minimum atomic E-state index is -1.90. The minimum absolute atomic E-state index is 0.484. The number of nitrogens with one attached hydrogen (secondary N) is 1. The van der Waals surface area contributed by atoms with E-state index in [1.165, 1.54) is 21.3 Å².